The van der Waals surface area contributed by atoms with Crippen molar-refractivity contribution >= 4 is 5.78 Å². The van der Waals surface area contributed by atoms with Gasteiger partial charge in [-0.1, -0.05) is 19.1 Å². The molecule has 0 radical (unpaired) electrons. The van der Waals surface area contributed by atoms with Crippen molar-refractivity contribution in [2.24, 2.45) is 0 Å². The Bertz CT molecular complexity index is 622. The van der Waals surface area contributed by atoms with Gasteiger partial charge in [-0.2, -0.15) is 0 Å². The van der Waals surface area contributed by atoms with E-state index >= 15 is 0 Å². The van der Waals surface area contributed by atoms with Crippen molar-refractivity contribution in [3.8, 4) is 5.69 Å². The minimum absolute atomic E-state index is 0.0421. The molecule has 1 aromatic carbocycles. The maximum atomic E-state index is 13.7. The molecule has 6 heteroatoms. The number of rotatable bonds is 4. The Kier molecular flexibility index (Phi) is 3.69. The van der Waals surface area contributed by atoms with Crippen LogP contribution in [0.2, 0.25) is 0 Å². The third-order valence-corrected chi connectivity index (χ3v) is 2.82. The van der Waals surface area contributed by atoms with E-state index in [2.05, 4.69) is 10.3 Å². The Hall–Kier alpha value is -2.11. The molecule has 0 aliphatic carbocycles. The largest absolute Gasteiger partial charge is 0.292 e. The maximum Gasteiger partial charge on any atom is 0.184 e. The molecular weight excluding hydrogens is 252 g/mol. The van der Waals surface area contributed by atoms with Gasteiger partial charge in [-0.15, -0.1) is 5.10 Å². The predicted octanol–water partition coefficient (Wildman–Crippen LogP) is 2.70. The number of ketones is 1. The maximum absolute atomic E-state index is 13.7. The molecule has 0 aliphatic heterocycles. The molecule has 0 saturated carbocycles. The van der Waals surface area contributed by atoms with Crippen molar-refractivity contribution in [2.45, 2.75) is 26.7 Å². The fraction of sp³-hybridized carbons (Fsp3) is 0.308. The van der Waals surface area contributed by atoms with Crippen molar-refractivity contribution in [1.82, 2.24) is 15.0 Å². The van der Waals surface area contributed by atoms with E-state index in [0.717, 1.165) is 18.2 Å². The lowest BCUT2D eigenvalue weighted by Gasteiger charge is -2.06. The van der Waals surface area contributed by atoms with E-state index in [1.807, 2.05) is 0 Å². The molecule has 0 saturated heterocycles. The van der Waals surface area contributed by atoms with E-state index in [0.29, 0.717) is 12.1 Å². The summed E-state index contributed by atoms with van der Waals surface area (Å²) in [5, 5.41) is 7.55. The van der Waals surface area contributed by atoms with Crippen molar-refractivity contribution in [3.63, 3.8) is 0 Å². The third kappa shape index (κ3) is 2.38. The van der Waals surface area contributed by atoms with E-state index < -0.39 is 11.6 Å². The molecule has 2 aromatic rings. The smallest absolute Gasteiger partial charge is 0.184 e. The van der Waals surface area contributed by atoms with Crippen molar-refractivity contribution in [1.29, 1.82) is 0 Å². The van der Waals surface area contributed by atoms with Crippen LogP contribution in [0.3, 0.4) is 0 Å². The van der Waals surface area contributed by atoms with Gasteiger partial charge >= 0.3 is 0 Å². The van der Waals surface area contributed by atoms with Gasteiger partial charge in [0.2, 0.25) is 0 Å². The highest BCUT2D eigenvalue weighted by atomic mass is 19.1. The van der Waals surface area contributed by atoms with Gasteiger partial charge < -0.3 is 0 Å². The van der Waals surface area contributed by atoms with Crippen molar-refractivity contribution in [2.75, 3.05) is 0 Å². The highest BCUT2D eigenvalue weighted by molar-refractivity contribution is 5.95. The van der Waals surface area contributed by atoms with Crippen LogP contribution in [-0.2, 0) is 6.42 Å². The van der Waals surface area contributed by atoms with Gasteiger partial charge in [0.1, 0.15) is 17.3 Å². The number of carbonyl (C=O) groups excluding carboxylic acids is 1. The summed E-state index contributed by atoms with van der Waals surface area (Å²) < 4.78 is 28.1. The molecule has 1 aromatic heterocycles. The quantitative estimate of drug-likeness (QED) is 0.798. The Morgan fingerprint density at radius 1 is 1.32 bits per heavy atom. The van der Waals surface area contributed by atoms with E-state index in [1.165, 1.54) is 4.68 Å². The number of nitrogens with zero attached hydrogens (tertiary/aromatic N) is 3. The van der Waals surface area contributed by atoms with Gasteiger partial charge in [0.15, 0.2) is 11.5 Å². The molecule has 0 N–H and O–H groups in total. The molecule has 0 bridgehead atoms. The van der Waals surface area contributed by atoms with Crippen LogP contribution in [0, 0.1) is 11.6 Å². The van der Waals surface area contributed by atoms with Crippen LogP contribution >= 0.6 is 0 Å². The summed E-state index contributed by atoms with van der Waals surface area (Å²) >= 11 is 0. The predicted molar refractivity (Wildman–Crippen MR) is 65.3 cm³/mol. The van der Waals surface area contributed by atoms with E-state index in [4.69, 9.17) is 0 Å². The molecule has 0 fully saturated rings. The molecule has 2 rings (SSSR count). The van der Waals surface area contributed by atoms with Gasteiger partial charge in [-0.05, 0) is 18.6 Å². The molecule has 4 nitrogen and oxygen atoms in total. The van der Waals surface area contributed by atoms with Gasteiger partial charge in [0, 0.05) is 12.5 Å². The molecule has 1 heterocycles. The van der Waals surface area contributed by atoms with Crippen LogP contribution in [0.5, 0.6) is 0 Å². The fourth-order valence-electron chi connectivity index (χ4n) is 1.84. The zero-order valence-electron chi connectivity index (χ0n) is 10.7. The summed E-state index contributed by atoms with van der Waals surface area (Å²) in [5.74, 6) is -1.35. The summed E-state index contributed by atoms with van der Waals surface area (Å²) in [6.45, 7) is 3.52. The highest BCUT2D eigenvalue weighted by Gasteiger charge is 2.19. The highest BCUT2D eigenvalue weighted by Crippen LogP contribution is 2.19. The van der Waals surface area contributed by atoms with Gasteiger partial charge in [0.25, 0.3) is 0 Å². The molecule has 100 valence electrons. The Balaban J connectivity index is 2.60. The molecule has 0 atom stereocenters. The van der Waals surface area contributed by atoms with Crippen LogP contribution in [0.15, 0.2) is 18.2 Å². The minimum Gasteiger partial charge on any atom is -0.292 e. The van der Waals surface area contributed by atoms with Gasteiger partial charge in [-0.3, -0.25) is 4.79 Å². The number of benzene rings is 1. The first-order valence-corrected chi connectivity index (χ1v) is 6.01. The van der Waals surface area contributed by atoms with E-state index in [1.54, 1.807) is 13.8 Å². The Labute approximate surface area is 109 Å². The van der Waals surface area contributed by atoms with E-state index in [-0.39, 0.29) is 23.6 Å². The summed E-state index contributed by atoms with van der Waals surface area (Å²) in [6, 6.07) is 3.08. The van der Waals surface area contributed by atoms with Gasteiger partial charge in [0.05, 0.1) is 5.69 Å². The molecular formula is C13H13F2N3O. The number of carbonyl (C=O) groups is 1. The fourth-order valence-corrected chi connectivity index (χ4v) is 1.84. The molecule has 0 amide bonds. The second kappa shape index (κ2) is 5.26. The molecule has 0 spiro atoms. The molecule has 0 unspecified atom stereocenters. The Morgan fingerprint density at radius 2 is 2.05 bits per heavy atom. The minimum atomic E-state index is -0.614. The monoisotopic (exact) mass is 265 g/mol. The van der Waals surface area contributed by atoms with E-state index in [9.17, 15) is 13.6 Å². The number of hydrogen-bond acceptors (Lipinski definition) is 3. The third-order valence-electron chi connectivity index (χ3n) is 2.82. The zero-order valence-corrected chi connectivity index (χ0v) is 10.7. The topological polar surface area (TPSA) is 47.8 Å². The number of Topliss-reactive ketones (excluding diaryl/α,β-unsaturated/α-hetero) is 1. The van der Waals surface area contributed by atoms with Crippen LogP contribution in [0.1, 0.15) is 36.5 Å². The van der Waals surface area contributed by atoms with Crippen LogP contribution in [0.25, 0.3) is 5.69 Å². The SMILES string of the molecule is CCC(=O)c1nnn(-c2cc(F)ccc2F)c1CC. The summed E-state index contributed by atoms with van der Waals surface area (Å²) in [6.07, 6.45) is 0.737. The number of hydrogen-bond donors (Lipinski definition) is 0. The van der Waals surface area contributed by atoms with Crippen LogP contribution < -0.4 is 0 Å². The number of aromatic nitrogens is 3. The lowest BCUT2D eigenvalue weighted by Crippen LogP contribution is -2.07. The first kappa shape index (κ1) is 13.3. The summed E-state index contributed by atoms with van der Waals surface area (Å²) in [4.78, 5) is 11.7. The lowest BCUT2D eigenvalue weighted by atomic mass is 10.1. The first-order chi connectivity index (χ1) is 9.08. The zero-order chi connectivity index (χ0) is 14.0. The first-order valence-electron chi connectivity index (χ1n) is 6.01. The summed E-state index contributed by atoms with van der Waals surface area (Å²) in [5.41, 5.74) is 0.657. The second-order valence-corrected chi connectivity index (χ2v) is 4.02. The standard InChI is InChI=1S/C13H13F2N3O/c1-3-10-13(12(19)4-2)16-17-18(10)11-7-8(14)5-6-9(11)15/h5-7H,3-4H2,1-2H3. The van der Waals surface area contributed by atoms with Crippen molar-refractivity contribution < 1.29 is 13.6 Å². The van der Waals surface area contributed by atoms with Gasteiger partial charge in [-0.25, -0.2) is 13.5 Å². The number of halogens is 2. The van der Waals surface area contributed by atoms with Crippen LogP contribution in [0.4, 0.5) is 8.78 Å². The van der Waals surface area contributed by atoms with Crippen LogP contribution in [-0.4, -0.2) is 20.8 Å². The van der Waals surface area contributed by atoms with Crippen molar-refractivity contribution in [3.05, 3.63) is 41.2 Å². The molecule has 0 aliphatic rings. The lowest BCUT2D eigenvalue weighted by molar-refractivity contribution is 0.0982. The summed E-state index contributed by atoms with van der Waals surface area (Å²) in [7, 11) is 0. The molecule has 19 heavy (non-hydrogen) atoms. The Morgan fingerprint density at radius 3 is 2.68 bits per heavy atom. The second-order valence-electron chi connectivity index (χ2n) is 4.02. The average molecular weight is 265 g/mol. The normalized spacial score (nSPS) is 10.7. The average Bonchev–Trinajstić information content (AvgIpc) is 2.84.